The zero-order valence-electron chi connectivity index (χ0n) is 13.0. The average molecular weight is 336 g/mol. The van der Waals surface area contributed by atoms with Gasteiger partial charge in [-0.05, 0) is 13.0 Å². The first-order chi connectivity index (χ1) is 11.5. The number of halogens is 1. The highest BCUT2D eigenvalue weighted by Crippen LogP contribution is 2.18. The Kier molecular flexibility index (Phi) is 5.59. The molecule has 128 valence electrons. The minimum atomic E-state index is -1.37. The van der Waals surface area contributed by atoms with Gasteiger partial charge in [0.2, 0.25) is 5.43 Å². The highest BCUT2D eigenvalue weighted by molar-refractivity contribution is 5.92. The van der Waals surface area contributed by atoms with E-state index in [1.165, 1.54) is 10.8 Å². The first-order valence-corrected chi connectivity index (χ1v) is 7.34. The van der Waals surface area contributed by atoms with Crippen molar-refractivity contribution in [2.24, 2.45) is 0 Å². The third-order valence-electron chi connectivity index (χ3n) is 3.40. The lowest BCUT2D eigenvalue weighted by molar-refractivity contribution is -0.107. The zero-order valence-corrected chi connectivity index (χ0v) is 13.0. The lowest BCUT2D eigenvalue weighted by Crippen LogP contribution is -2.25. The largest absolute Gasteiger partial charge is 0.477 e. The van der Waals surface area contributed by atoms with Crippen molar-refractivity contribution in [3.8, 4) is 0 Å². The minimum Gasteiger partial charge on any atom is -0.477 e. The maximum atomic E-state index is 14.1. The fourth-order valence-corrected chi connectivity index (χ4v) is 2.23. The Bertz CT molecular complexity index is 834. The highest BCUT2D eigenvalue weighted by Gasteiger charge is 2.17. The summed E-state index contributed by atoms with van der Waals surface area (Å²) >= 11 is 0. The molecule has 9 heteroatoms. The van der Waals surface area contributed by atoms with Gasteiger partial charge in [-0.1, -0.05) is 0 Å². The molecular formula is C15H17FN4O4. The second-order valence-corrected chi connectivity index (χ2v) is 4.95. The van der Waals surface area contributed by atoms with E-state index < -0.39 is 22.8 Å². The van der Waals surface area contributed by atoms with E-state index in [4.69, 9.17) is 5.11 Å². The summed E-state index contributed by atoms with van der Waals surface area (Å²) in [7, 11) is 0. The van der Waals surface area contributed by atoms with Gasteiger partial charge in [0.15, 0.2) is 11.6 Å². The van der Waals surface area contributed by atoms with Crippen LogP contribution in [-0.2, 0) is 11.3 Å². The molecule has 0 aliphatic heterocycles. The van der Waals surface area contributed by atoms with Gasteiger partial charge < -0.3 is 25.1 Å². The van der Waals surface area contributed by atoms with E-state index in [9.17, 15) is 18.8 Å². The van der Waals surface area contributed by atoms with Crippen LogP contribution in [0.3, 0.4) is 0 Å². The number of hydrogen-bond acceptors (Lipinski definition) is 6. The quantitative estimate of drug-likeness (QED) is 0.474. The Morgan fingerprint density at radius 1 is 1.46 bits per heavy atom. The van der Waals surface area contributed by atoms with E-state index in [1.807, 2.05) is 0 Å². The molecule has 0 bridgehead atoms. The van der Waals surface area contributed by atoms with Gasteiger partial charge in [-0.2, -0.15) is 0 Å². The van der Waals surface area contributed by atoms with Crippen LogP contribution in [-0.4, -0.2) is 46.5 Å². The number of carbonyl (C=O) groups excluding carboxylic acids is 1. The summed E-state index contributed by atoms with van der Waals surface area (Å²) in [5.74, 6) is -2.16. The van der Waals surface area contributed by atoms with E-state index in [2.05, 4.69) is 15.6 Å². The number of hydrogen-bond donors (Lipinski definition) is 3. The summed E-state index contributed by atoms with van der Waals surface area (Å²) < 4.78 is 15.6. The van der Waals surface area contributed by atoms with E-state index in [0.29, 0.717) is 19.6 Å². The van der Waals surface area contributed by atoms with Crippen molar-refractivity contribution >= 4 is 29.1 Å². The molecule has 0 unspecified atom stereocenters. The standard InChI is InChI=1S/C15H17FN4O4/c1-2-20-8-10(15(23)24)12(22)9-7-11(16)13(19-14(9)20)18-4-3-17-5-6-21/h6-8,17H,2-5H2,1H3,(H,18,19)(H,23,24). The van der Waals surface area contributed by atoms with E-state index >= 15 is 0 Å². The van der Waals surface area contributed by atoms with E-state index in [-0.39, 0.29) is 23.4 Å². The van der Waals surface area contributed by atoms with Crippen LogP contribution in [0.2, 0.25) is 0 Å². The van der Waals surface area contributed by atoms with Crippen LogP contribution >= 0.6 is 0 Å². The van der Waals surface area contributed by atoms with E-state index in [1.54, 1.807) is 6.92 Å². The number of aldehydes is 1. The zero-order chi connectivity index (χ0) is 17.7. The van der Waals surface area contributed by atoms with Crippen molar-refractivity contribution in [2.45, 2.75) is 13.5 Å². The maximum Gasteiger partial charge on any atom is 0.341 e. The number of pyridine rings is 2. The van der Waals surface area contributed by atoms with Crippen molar-refractivity contribution in [1.82, 2.24) is 14.9 Å². The van der Waals surface area contributed by atoms with Crippen LogP contribution in [0.1, 0.15) is 17.3 Å². The van der Waals surface area contributed by atoms with Crippen LogP contribution in [0.15, 0.2) is 17.1 Å². The van der Waals surface area contributed by atoms with Crippen LogP contribution < -0.4 is 16.1 Å². The second-order valence-electron chi connectivity index (χ2n) is 4.95. The number of fused-ring (bicyclic) bond motifs is 1. The fraction of sp³-hybridized carbons (Fsp3) is 0.333. The van der Waals surface area contributed by atoms with Crippen molar-refractivity contribution < 1.29 is 19.1 Å². The molecule has 0 aliphatic carbocycles. The number of carboxylic acids is 1. The molecule has 0 saturated heterocycles. The van der Waals surface area contributed by atoms with Gasteiger partial charge in [-0.25, -0.2) is 14.2 Å². The number of anilines is 1. The third kappa shape index (κ3) is 3.57. The van der Waals surface area contributed by atoms with Crippen molar-refractivity contribution in [2.75, 3.05) is 25.0 Å². The molecule has 2 aromatic heterocycles. The molecule has 0 aliphatic rings. The van der Waals surface area contributed by atoms with Gasteiger partial charge in [-0.15, -0.1) is 0 Å². The molecule has 0 atom stereocenters. The maximum absolute atomic E-state index is 14.1. The predicted octanol–water partition coefficient (Wildman–Crippen LogP) is 0.454. The Morgan fingerprint density at radius 2 is 2.21 bits per heavy atom. The van der Waals surface area contributed by atoms with Crippen molar-refractivity contribution in [3.05, 3.63) is 33.9 Å². The number of aryl methyl sites for hydroxylation is 1. The number of aromatic carboxylic acids is 1. The van der Waals surface area contributed by atoms with Crippen LogP contribution in [0, 0.1) is 5.82 Å². The SMILES string of the molecule is CCn1cc(C(=O)O)c(=O)c2cc(F)c(NCCNCC=O)nc21. The van der Waals surface area contributed by atoms with E-state index in [0.717, 1.165) is 12.4 Å². The average Bonchev–Trinajstić information content (AvgIpc) is 2.55. The number of carbonyl (C=O) groups is 2. The number of aromatic nitrogens is 2. The molecular weight excluding hydrogens is 319 g/mol. The lowest BCUT2D eigenvalue weighted by atomic mass is 10.2. The van der Waals surface area contributed by atoms with Gasteiger partial charge in [0, 0.05) is 25.8 Å². The topological polar surface area (TPSA) is 113 Å². The molecule has 3 N–H and O–H groups in total. The molecule has 2 aromatic rings. The number of nitrogens with zero attached hydrogens (tertiary/aromatic N) is 2. The third-order valence-corrected chi connectivity index (χ3v) is 3.40. The van der Waals surface area contributed by atoms with Gasteiger partial charge in [0.25, 0.3) is 0 Å². The number of carboxylic acid groups (broad SMARTS) is 1. The summed E-state index contributed by atoms with van der Waals surface area (Å²) in [4.78, 5) is 37.6. The van der Waals surface area contributed by atoms with Crippen LogP contribution in [0.5, 0.6) is 0 Å². The summed E-state index contributed by atoms with van der Waals surface area (Å²) in [5.41, 5.74) is -0.991. The smallest absolute Gasteiger partial charge is 0.341 e. The molecule has 0 fully saturated rings. The lowest BCUT2D eigenvalue weighted by Gasteiger charge is -2.12. The summed E-state index contributed by atoms with van der Waals surface area (Å²) in [6.45, 7) is 3.08. The van der Waals surface area contributed by atoms with Crippen LogP contribution in [0.4, 0.5) is 10.2 Å². The molecule has 0 spiro atoms. The molecule has 24 heavy (non-hydrogen) atoms. The first-order valence-electron chi connectivity index (χ1n) is 7.34. The van der Waals surface area contributed by atoms with Crippen molar-refractivity contribution in [3.63, 3.8) is 0 Å². The Balaban J connectivity index is 2.42. The first kappa shape index (κ1) is 17.5. The fourth-order valence-electron chi connectivity index (χ4n) is 2.23. The summed E-state index contributed by atoms with van der Waals surface area (Å²) in [6, 6.07) is 0.991. The number of rotatable bonds is 8. The highest BCUT2D eigenvalue weighted by atomic mass is 19.1. The van der Waals surface area contributed by atoms with Gasteiger partial charge in [0.05, 0.1) is 11.9 Å². The Morgan fingerprint density at radius 3 is 2.83 bits per heavy atom. The van der Waals surface area contributed by atoms with Crippen LogP contribution in [0.25, 0.3) is 11.0 Å². The monoisotopic (exact) mass is 336 g/mol. The van der Waals surface area contributed by atoms with Gasteiger partial charge >= 0.3 is 5.97 Å². The molecule has 0 radical (unpaired) electrons. The van der Waals surface area contributed by atoms with Gasteiger partial charge in [0.1, 0.15) is 17.5 Å². The molecule has 8 nitrogen and oxygen atoms in total. The molecule has 2 rings (SSSR count). The summed E-state index contributed by atoms with van der Waals surface area (Å²) in [5, 5.41) is 14.6. The molecule has 2 heterocycles. The minimum absolute atomic E-state index is 0.0416. The molecule has 0 aromatic carbocycles. The Hall–Kier alpha value is -2.81. The normalized spacial score (nSPS) is 10.8. The Labute approximate surface area is 136 Å². The summed E-state index contributed by atoms with van der Waals surface area (Å²) in [6.07, 6.45) is 1.92. The number of nitrogens with one attached hydrogen (secondary N) is 2. The molecule has 0 saturated carbocycles. The predicted molar refractivity (Wildman–Crippen MR) is 86.0 cm³/mol. The van der Waals surface area contributed by atoms with Crippen molar-refractivity contribution in [1.29, 1.82) is 0 Å². The second kappa shape index (κ2) is 7.64. The van der Waals surface area contributed by atoms with Gasteiger partial charge in [-0.3, -0.25) is 4.79 Å². The molecule has 0 amide bonds.